The predicted octanol–water partition coefficient (Wildman–Crippen LogP) is 2.27. The molecule has 0 amide bonds. The quantitative estimate of drug-likeness (QED) is 0.796. The Labute approximate surface area is 123 Å². The van der Waals surface area contributed by atoms with Gasteiger partial charge in [-0.3, -0.25) is 0 Å². The van der Waals surface area contributed by atoms with Crippen LogP contribution in [0.3, 0.4) is 0 Å². The normalized spacial score (nSPS) is 10.7. The molecule has 1 N–H and O–H groups in total. The Morgan fingerprint density at radius 1 is 1.30 bits per heavy atom. The molecule has 3 aromatic rings. The molecule has 0 atom stereocenters. The van der Waals surface area contributed by atoms with Crippen molar-refractivity contribution in [3.63, 3.8) is 0 Å². The van der Waals surface area contributed by atoms with Gasteiger partial charge in [0.05, 0.1) is 9.21 Å². The van der Waals surface area contributed by atoms with E-state index >= 15 is 0 Å². The predicted molar refractivity (Wildman–Crippen MR) is 77.2 cm³/mol. The average molecular weight is 308 g/mol. The van der Waals surface area contributed by atoms with Gasteiger partial charge in [-0.1, -0.05) is 11.6 Å². The molecular weight excluding hydrogens is 298 g/mol. The molecule has 20 heavy (non-hydrogen) atoms. The molecule has 3 heterocycles. The Kier molecular flexibility index (Phi) is 3.57. The van der Waals surface area contributed by atoms with Crippen LogP contribution in [0.25, 0.3) is 16.6 Å². The molecule has 3 rings (SSSR count). The molecule has 7 nitrogen and oxygen atoms in total. The number of rotatable bonds is 4. The van der Waals surface area contributed by atoms with Gasteiger partial charge in [0.15, 0.2) is 5.82 Å². The van der Waals surface area contributed by atoms with Crippen LogP contribution in [0.2, 0.25) is 4.34 Å². The fourth-order valence-electron chi connectivity index (χ4n) is 1.56. The van der Waals surface area contributed by atoms with Crippen LogP contribution in [0, 0.1) is 0 Å². The van der Waals surface area contributed by atoms with E-state index in [9.17, 15) is 0 Å². The number of nitrogens with one attached hydrogen (secondary N) is 1. The smallest absolute Gasteiger partial charge is 0.257 e. The molecule has 0 saturated heterocycles. The molecule has 0 aliphatic rings. The summed E-state index contributed by atoms with van der Waals surface area (Å²) in [7, 11) is 0. The van der Waals surface area contributed by atoms with Gasteiger partial charge in [-0.15, -0.1) is 11.3 Å². The number of nitrogens with zero attached hydrogens (tertiary/aromatic N) is 6. The van der Waals surface area contributed by atoms with Crippen LogP contribution in [-0.4, -0.2) is 36.3 Å². The molecule has 0 radical (unpaired) electrons. The van der Waals surface area contributed by atoms with Crippen molar-refractivity contribution in [2.24, 2.45) is 0 Å². The Hall–Kier alpha value is -2.06. The molecule has 0 saturated carbocycles. The topological polar surface area (TPSA) is 81.4 Å². The van der Waals surface area contributed by atoms with Crippen molar-refractivity contribution in [3.8, 4) is 16.6 Å². The average Bonchev–Trinajstić information content (AvgIpc) is 3.09. The zero-order valence-electron chi connectivity index (χ0n) is 10.5. The lowest BCUT2D eigenvalue weighted by Crippen LogP contribution is -2.09. The summed E-state index contributed by atoms with van der Waals surface area (Å²) < 4.78 is 2.18. The third-order valence-electron chi connectivity index (χ3n) is 2.38. The number of thiophene rings is 1. The first-order valence-corrected chi connectivity index (χ1v) is 7.06. The third-order valence-corrected chi connectivity index (χ3v) is 3.60. The Bertz CT molecular complexity index is 709. The Balaban J connectivity index is 2.09. The van der Waals surface area contributed by atoms with Crippen molar-refractivity contribution >= 4 is 28.9 Å². The van der Waals surface area contributed by atoms with Crippen molar-refractivity contribution in [2.45, 2.75) is 6.92 Å². The highest BCUT2D eigenvalue weighted by Gasteiger charge is 2.11. The van der Waals surface area contributed by atoms with Gasteiger partial charge in [-0.05, 0) is 19.1 Å². The summed E-state index contributed by atoms with van der Waals surface area (Å²) in [5, 5.41) is 7.10. The third kappa shape index (κ3) is 2.61. The number of aromatic nitrogens is 6. The SMILES string of the molecule is CCNc1nc(-c2ccc(Cl)s2)nc(-n2cncn2)n1. The van der Waals surface area contributed by atoms with Crippen LogP contribution in [0.5, 0.6) is 0 Å². The van der Waals surface area contributed by atoms with E-state index in [1.165, 1.54) is 28.7 Å². The maximum atomic E-state index is 5.95. The van der Waals surface area contributed by atoms with Crippen LogP contribution in [0.15, 0.2) is 24.8 Å². The minimum absolute atomic E-state index is 0.410. The fourth-order valence-corrected chi connectivity index (χ4v) is 2.54. The van der Waals surface area contributed by atoms with Gasteiger partial charge in [0, 0.05) is 6.54 Å². The van der Waals surface area contributed by atoms with E-state index < -0.39 is 0 Å². The van der Waals surface area contributed by atoms with E-state index in [1.54, 1.807) is 0 Å². The molecule has 0 bridgehead atoms. The minimum Gasteiger partial charge on any atom is -0.354 e. The van der Waals surface area contributed by atoms with Crippen molar-refractivity contribution in [1.82, 2.24) is 29.7 Å². The van der Waals surface area contributed by atoms with Gasteiger partial charge in [0.25, 0.3) is 5.95 Å². The molecular formula is C11H10ClN7S. The first kappa shape index (κ1) is 12.9. The molecule has 0 spiro atoms. The number of hydrogen-bond donors (Lipinski definition) is 1. The summed E-state index contributed by atoms with van der Waals surface area (Å²) in [6.45, 7) is 2.69. The van der Waals surface area contributed by atoms with Crippen molar-refractivity contribution in [3.05, 3.63) is 29.1 Å². The van der Waals surface area contributed by atoms with Gasteiger partial charge in [-0.25, -0.2) is 4.98 Å². The van der Waals surface area contributed by atoms with Gasteiger partial charge in [-0.2, -0.15) is 24.7 Å². The number of halogens is 1. The molecule has 0 aromatic carbocycles. The summed E-state index contributed by atoms with van der Waals surface area (Å²) in [5.74, 6) is 1.46. The molecule has 9 heteroatoms. The summed E-state index contributed by atoms with van der Waals surface area (Å²) in [5.41, 5.74) is 0. The van der Waals surface area contributed by atoms with Crippen molar-refractivity contribution in [1.29, 1.82) is 0 Å². The number of hydrogen-bond acceptors (Lipinski definition) is 7. The monoisotopic (exact) mass is 307 g/mol. The largest absolute Gasteiger partial charge is 0.354 e. The molecule has 0 aliphatic heterocycles. The zero-order valence-corrected chi connectivity index (χ0v) is 12.1. The summed E-state index contributed by atoms with van der Waals surface area (Å²) in [4.78, 5) is 17.8. The van der Waals surface area contributed by atoms with Gasteiger partial charge < -0.3 is 5.32 Å². The van der Waals surface area contributed by atoms with Crippen LogP contribution in [0.1, 0.15) is 6.92 Å². The first-order chi connectivity index (χ1) is 9.76. The maximum Gasteiger partial charge on any atom is 0.257 e. The second kappa shape index (κ2) is 5.51. The van der Waals surface area contributed by atoms with Gasteiger partial charge >= 0.3 is 0 Å². The molecule has 0 fully saturated rings. The molecule has 102 valence electrons. The van der Waals surface area contributed by atoms with E-state index in [1.807, 2.05) is 19.1 Å². The van der Waals surface area contributed by atoms with Crippen LogP contribution >= 0.6 is 22.9 Å². The lowest BCUT2D eigenvalue weighted by Gasteiger charge is -2.06. The zero-order chi connectivity index (χ0) is 13.9. The first-order valence-electron chi connectivity index (χ1n) is 5.87. The summed E-state index contributed by atoms with van der Waals surface area (Å²) >= 11 is 7.37. The number of anilines is 1. The van der Waals surface area contributed by atoms with Gasteiger partial charge in [0.2, 0.25) is 5.95 Å². The molecule has 0 unspecified atom stereocenters. The molecule has 3 aromatic heterocycles. The molecule has 0 aliphatic carbocycles. The van der Waals surface area contributed by atoms with Crippen molar-refractivity contribution < 1.29 is 0 Å². The van der Waals surface area contributed by atoms with Crippen molar-refractivity contribution in [2.75, 3.05) is 11.9 Å². The highest BCUT2D eigenvalue weighted by atomic mass is 35.5. The van der Waals surface area contributed by atoms with E-state index in [0.29, 0.717) is 28.6 Å². The highest BCUT2D eigenvalue weighted by Crippen LogP contribution is 2.29. The minimum atomic E-state index is 0.410. The van der Waals surface area contributed by atoms with Crippen LogP contribution < -0.4 is 5.32 Å². The second-order valence-electron chi connectivity index (χ2n) is 3.76. The lowest BCUT2D eigenvalue weighted by molar-refractivity contribution is 0.797. The van der Waals surface area contributed by atoms with E-state index in [2.05, 4.69) is 30.4 Å². The lowest BCUT2D eigenvalue weighted by atomic mass is 10.4. The van der Waals surface area contributed by atoms with E-state index in [-0.39, 0.29) is 0 Å². The van der Waals surface area contributed by atoms with E-state index in [4.69, 9.17) is 11.6 Å². The second-order valence-corrected chi connectivity index (χ2v) is 5.47. The Morgan fingerprint density at radius 2 is 2.20 bits per heavy atom. The fraction of sp³-hybridized carbons (Fsp3) is 0.182. The standard InChI is InChI=1S/C11H10ClN7S/c1-2-14-10-16-9(7-3-4-8(12)20-7)17-11(18-10)19-6-13-5-15-19/h3-6H,2H2,1H3,(H,14,16,17,18). The van der Waals surface area contributed by atoms with E-state index in [0.717, 1.165) is 4.88 Å². The maximum absolute atomic E-state index is 5.95. The Morgan fingerprint density at radius 3 is 2.85 bits per heavy atom. The van der Waals surface area contributed by atoms with Gasteiger partial charge in [0.1, 0.15) is 12.7 Å². The highest BCUT2D eigenvalue weighted by molar-refractivity contribution is 7.19. The summed E-state index contributed by atoms with van der Waals surface area (Å²) in [6, 6.07) is 3.69. The van der Waals surface area contributed by atoms with Crippen LogP contribution in [-0.2, 0) is 0 Å². The summed E-state index contributed by atoms with van der Waals surface area (Å²) in [6.07, 6.45) is 2.97. The van der Waals surface area contributed by atoms with Crippen LogP contribution in [0.4, 0.5) is 5.95 Å².